The van der Waals surface area contributed by atoms with Crippen molar-refractivity contribution in [2.45, 2.75) is 5.41 Å². The topological polar surface area (TPSA) is 6.48 Å². The van der Waals surface area contributed by atoms with Crippen LogP contribution in [-0.4, -0.2) is 0 Å². The molecule has 0 aromatic heterocycles. The Hall–Kier alpha value is -8.98. The van der Waals surface area contributed by atoms with E-state index in [1.54, 1.807) is 0 Å². The molecular formula is C67H48N2. The van der Waals surface area contributed by atoms with Gasteiger partial charge in [0.25, 0.3) is 0 Å². The third-order valence-corrected chi connectivity index (χ3v) is 13.7. The second-order valence-electron chi connectivity index (χ2n) is 17.7. The van der Waals surface area contributed by atoms with Crippen LogP contribution in [0.2, 0.25) is 0 Å². The smallest absolute Gasteiger partial charge is 0.0714 e. The molecule has 0 aliphatic heterocycles. The van der Waals surface area contributed by atoms with Crippen LogP contribution in [0.1, 0.15) is 22.3 Å². The van der Waals surface area contributed by atoms with Gasteiger partial charge in [0.1, 0.15) is 0 Å². The zero-order valence-corrected chi connectivity index (χ0v) is 38.1. The summed E-state index contributed by atoms with van der Waals surface area (Å²) in [4.78, 5) is 4.82. The SMILES string of the molecule is c1ccc(-c2ccc(N(c3cc(-c4ccccc4)cc(-c4ccccc4)c3)c3cccc(N(c4ccccc4)c4cccc(C5(c6ccccc6)c6ccccc6-c6ccccc65)c4)c3)cc2)cc1. The van der Waals surface area contributed by atoms with Gasteiger partial charge in [-0.3, -0.25) is 0 Å². The Kier molecular flexibility index (Phi) is 10.8. The van der Waals surface area contributed by atoms with Crippen LogP contribution < -0.4 is 9.80 Å². The lowest BCUT2D eigenvalue weighted by molar-refractivity contribution is 0.768. The first-order valence-corrected chi connectivity index (χ1v) is 23.7. The largest absolute Gasteiger partial charge is 0.310 e. The normalized spacial score (nSPS) is 12.2. The molecule has 0 saturated heterocycles. The Labute approximate surface area is 405 Å². The van der Waals surface area contributed by atoms with Crippen LogP contribution in [0.3, 0.4) is 0 Å². The lowest BCUT2D eigenvalue weighted by atomic mass is 9.67. The average molecular weight is 881 g/mol. The van der Waals surface area contributed by atoms with E-state index in [0.717, 1.165) is 45.3 Å². The van der Waals surface area contributed by atoms with Crippen molar-refractivity contribution in [2.75, 3.05) is 9.80 Å². The molecule has 0 unspecified atom stereocenters. The minimum Gasteiger partial charge on any atom is -0.310 e. The molecule has 1 aliphatic carbocycles. The zero-order valence-electron chi connectivity index (χ0n) is 38.1. The molecule has 0 saturated carbocycles. The first kappa shape index (κ1) is 41.5. The van der Waals surface area contributed by atoms with Crippen molar-refractivity contribution in [3.63, 3.8) is 0 Å². The van der Waals surface area contributed by atoms with Crippen LogP contribution in [0, 0.1) is 0 Å². The fourth-order valence-corrected chi connectivity index (χ4v) is 10.6. The number of fused-ring (bicyclic) bond motifs is 3. The summed E-state index contributed by atoms with van der Waals surface area (Å²) >= 11 is 0. The summed E-state index contributed by atoms with van der Waals surface area (Å²) in [7, 11) is 0. The quantitative estimate of drug-likeness (QED) is 0.128. The van der Waals surface area contributed by atoms with Crippen LogP contribution in [-0.2, 0) is 5.41 Å². The van der Waals surface area contributed by atoms with Crippen LogP contribution >= 0.6 is 0 Å². The fraction of sp³-hybridized carbons (Fsp3) is 0.0149. The molecule has 0 spiro atoms. The summed E-state index contributed by atoms with van der Waals surface area (Å²) in [6.07, 6.45) is 0. The molecular weight excluding hydrogens is 833 g/mol. The molecule has 2 nitrogen and oxygen atoms in total. The minimum atomic E-state index is -0.530. The monoisotopic (exact) mass is 880 g/mol. The van der Waals surface area contributed by atoms with E-state index >= 15 is 0 Å². The summed E-state index contributed by atoms with van der Waals surface area (Å²) in [6, 6.07) is 106. The first-order chi connectivity index (χ1) is 34.2. The average Bonchev–Trinajstić information content (AvgIpc) is 3.74. The summed E-state index contributed by atoms with van der Waals surface area (Å²) in [5, 5.41) is 0. The van der Waals surface area contributed by atoms with Gasteiger partial charge in [0.15, 0.2) is 0 Å². The lowest BCUT2D eigenvalue weighted by Crippen LogP contribution is -2.28. The Bertz CT molecular complexity index is 3430. The van der Waals surface area contributed by atoms with Gasteiger partial charge in [-0.25, -0.2) is 0 Å². The molecule has 0 radical (unpaired) electrons. The van der Waals surface area contributed by atoms with E-state index < -0.39 is 5.41 Å². The number of nitrogens with zero attached hydrogens (tertiary/aromatic N) is 2. The highest BCUT2D eigenvalue weighted by molar-refractivity contribution is 5.90. The second kappa shape index (κ2) is 18.0. The molecule has 2 heteroatoms. The molecule has 11 aromatic carbocycles. The van der Waals surface area contributed by atoms with Crippen molar-refractivity contribution in [1.82, 2.24) is 0 Å². The maximum atomic E-state index is 2.42. The van der Waals surface area contributed by atoms with E-state index in [0.29, 0.717) is 0 Å². The van der Waals surface area contributed by atoms with Gasteiger partial charge in [0, 0.05) is 34.1 Å². The third-order valence-electron chi connectivity index (χ3n) is 13.7. The Balaban J connectivity index is 1.05. The summed E-state index contributed by atoms with van der Waals surface area (Å²) in [6.45, 7) is 0. The number of rotatable bonds is 11. The van der Waals surface area contributed by atoms with Crippen molar-refractivity contribution >= 4 is 34.1 Å². The zero-order chi connectivity index (χ0) is 46.0. The lowest BCUT2D eigenvalue weighted by Gasteiger charge is -2.35. The Morgan fingerprint density at radius 1 is 0.203 bits per heavy atom. The molecule has 12 rings (SSSR count). The van der Waals surface area contributed by atoms with Gasteiger partial charge in [-0.2, -0.15) is 0 Å². The van der Waals surface area contributed by atoms with Gasteiger partial charge < -0.3 is 9.80 Å². The Morgan fingerprint density at radius 2 is 0.565 bits per heavy atom. The maximum Gasteiger partial charge on any atom is 0.0714 e. The number of benzene rings is 11. The number of hydrogen-bond donors (Lipinski definition) is 0. The first-order valence-electron chi connectivity index (χ1n) is 23.7. The van der Waals surface area contributed by atoms with Gasteiger partial charge >= 0.3 is 0 Å². The third kappa shape index (κ3) is 7.59. The van der Waals surface area contributed by atoms with E-state index in [1.165, 1.54) is 55.6 Å². The number of anilines is 6. The highest BCUT2D eigenvalue weighted by Gasteiger charge is 2.46. The van der Waals surface area contributed by atoms with Crippen LogP contribution in [0.5, 0.6) is 0 Å². The van der Waals surface area contributed by atoms with Crippen LogP contribution in [0.4, 0.5) is 34.1 Å². The highest BCUT2D eigenvalue weighted by Crippen LogP contribution is 2.56. The molecule has 11 aromatic rings. The molecule has 0 bridgehead atoms. The Morgan fingerprint density at radius 3 is 1.10 bits per heavy atom. The summed E-state index contributed by atoms with van der Waals surface area (Å²) in [5.74, 6) is 0. The second-order valence-corrected chi connectivity index (χ2v) is 17.7. The van der Waals surface area contributed by atoms with Crippen molar-refractivity contribution in [3.05, 3.63) is 313 Å². The van der Waals surface area contributed by atoms with Crippen molar-refractivity contribution < 1.29 is 0 Å². The van der Waals surface area contributed by atoms with Gasteiger partial charge in [-0.15, -0.1) is 0 Å². The molecule has 0 atom stereocenters. The standard InChI is InChI=1S/C67H48N2/c1-6-22-49(23-7-1)52-40-42-58(43-41-52)69(62-45-53(50-24-8-2-9-25-50)44-54(46-62)51-26-10-3-11-27-51)61-35-21-34-60(48-61)68(57-31-14-5-15-32-57)59-33-20-30-56(47-59)67(55-28-12-4-13-29-55)65-38-18-16-36-63(65)64-37-17-19-39-66(64)67/h1-48H. The molecule has 69 heavy (non-hydrogen) atoms. The predicted molar refractivity (Wildman–Crippen MR) is 289 cm³/mol. The molecule has 0 N–H and O–H groups in total. The van der Waals surface area contributed by atoms with E-state index in [2.05, 4.69) is 301 Å². The number of hydrogen-bond acceptors (Lipinski definition) is 2. The van der Waals surface area contributed by atoms with Crippen molar-refractivity contribution in [3.8, 4) is 44.5 Å². The van der Waals surface area contributed by atoms with E-state index in [9.17, 15) is 0 Å². The highest BCUT2D eigenvalue weighted by atomic mass is 15.2. The molecule has 326 valence electrons. The van der Waals surface area contributed by atoms with E-state index in [4.69, 9.17) is 0 Å². The molecule has 0 fully saturated rings. The molecule has 1 aliphatic rings. The van der Waals surface area contributed by atoms with Crippen LogP contribution in [0.15, 0.2) is 291 Å². The molecule has 0 heterocycles. The minimum absolute atomic E-state index is 0.530. The molecule has 0 amide bonds. The van der Waals surface area contributed by atoms with Gasteiger partial charge in [-0.1, -0.05) is 218 Å². The van der Waals surface area contributed by atoms with E-state index in [1.807, 2.05) is 0 Å². The van der Waals surface area contributed by atoms with Crippen LogP contribution in [0.25, 0.3) is 44.5 Å². The van der Waals surface area contributed by atoms with Gasteiger partial charge in [0.2, 0.25) is 0 Å². The number of para-hydroxylation sites is 1. The fourth-order valence-electron chi connectivity index (χ4n) is 10.6. The summed E-state index contributed by atoms with van der Waals surface area (Å²) < 4.78 is 0. The van der Waals surface area contributed by atoms with Gasteiger partial charge in [-0.05, 0) is 140 Å². The van der Waals surface area contributed by atoms with Crippen molar-refractivity contribution in [2.24, 2.45) is 0 Å². The van der Waals surface area contributed by atoms with E-state index in [-0.39, 0.29) is 0 Å². The summed E-state index contributed by atoms with van der Waals surface area (Å²) in [5.41, 5.74) is 20.4. The van der Waals surface area contributed by atoms with Gasteiger partial charge in [0.05, 0.1) is 5.41 Å². The van der Waals surface area contributed by atoms with Crippen molar-refractivity contribution in [1.29, 1.82) is 0 Å². The maximum absolute atomic E-state index is 2.42. The predicted octanol–water partition coefficient (Wildman–Crippen LogP) is 18.0.